The Balaban J connectivity index is 0.00000121. The molecule has 0 radical (unpaired) electrons. The average Bonchev–Trinajstić information content (AvgIpc) is 1.85. The van der Waals surface area contributed by atoms with Gasteiger partial charge in [-0.05, 0) is 34.1 Å². The van der Waals surface area contributed by atoms with E-state index in [0.29, 0.717) is 0 Å². The first kappa shape index (κ1) is 12.5. The summed E-state index contributed by atoms with van der Waals surface area (Å²) in [5.41, 5.74) is 1.19. The molecule has 0 unspecified atom stereocenters. The number of hydrogen-bond donors (Lipinski definition) is 0. The number of nitrogens with zero attached hydrogens (tertiary/aromatic N) is 1. The van der Waals surface area contributed by atoms with Crippen molar-refractivity contribution < 1.29 is 0 Å². The Hall–Kier alpha value is 0.460. The molecule has 0 aliphatic rings. The topological polar surface area (TPSA) is 3.24 Å². The first-order chi connectivity index (χ1) is 5.11. The fourth-order valence-corrected chi connectivity index (χ4v) is 2.25. The van der Waals surface area contributed by atoms with E-state index in [1.54, 1.807) is 0 Å². The summed E-state index contributed by atoms with van der Waals surface area (Å²) < 4.78 is 2.20. The minimum atomic E-state index is 0. The SMILES string of the molecule is Br.CN(C)c1ccc(Br)cc1Br. The van der Waals surface area contributed by atoms with Crippen LogP contribution in [0, 0.1) is 0 Å². The normalized spacial score (nSPS) is 9.00. The molecule has 0 fully saturated rings. The lowest BCUT2D eigenvalue weighted by molar-refractivity contribution is 1.12. The van der Waals surface area contributed by atoms with Crippen molar-refractivity contribution in [2.75, 3.05) is 19.0 Å². The third-order valence-corrected chi connectivity index (χ3v) is 2.52. The van der Waals surface area contributed by atoms with Crippen LogP contribution >= 0.6 is 48.8 Å². The molecule has 12 heavy (non-hydrogen) atoms. The molecule has 0 atom stereocenters. The molecule has 0 aromatic heterocycles. The largest absolute Gasteiger partial charge is 0.377 e. The van der Waals surface area contributed by atoms with Gasteiger partial charge in [0.15, 0.2) is 0 Å². The fourth-order valence-electron chi connectivity index (χ4n) is 0.844. The predicted octanol–water partition coefficient (Wildman–Crippen LogP) is 3.86. The number of anilines is 1. The molecule has 4 heteroatoms. The summed E-state index contributed by atoms with van der Waals surface area (Å²) in [5, 5.41) is 0. The minimum Gasteiger partial charge on any atom is -0.377 e. The van der Waals surface area contributed by atoms with Crippen LogP contribution in [0.3, 0.4) is 0 Å². The molecule has 1 nitrogen and oxygen atoms in total. The van der Waals surface area contributed by atoms with E-state index in [0.717, 1.165) is 8.95 Å². The zero-order chi connectivity index (χ0) is 8.43. The lowest BCUT2D eigenvalue weighted by Crippen LogP contribution is -2.08. The highest BCUT2D eigenvalue weighted by molar-refractivity contribution is 9.11. The van der Waals surface area contributed by atoms with Gasteiger partial charge in [0, 0.05) is 23.0 Å². The van der Waals surface area contributed by atoms with Crippen LogP contribution in [-0.4, -0.2) is 14.1 Å². The van der Waals surface area contributed by atoms with Crippen molar-refractivity contribution in [2.24, 2.45) is 0 Å². The van der Waals surface area contributed by atoms with Crippen molar-refractivity contribution >= 4 is 54.5 Å². The summed E-state index contributed by atoms with van der Waals surface area (Å²) in [7, 11) is 4.04. The Kier molecular flexibility index (Phi) is 5.45. The van der Waals surface area contributed by atoms with Gasteiger partial charge < -0.3 is 4.90 Å². The van der Waals surface area contributed by atoms with Crippen LogP contribution in [0.5, 0.6) is 0 Å². The Bertz CT molecular complexity index is 260. The molecule has 1 aromatic carbocycles. The smallest absolute Gasteiger partial charge is 0.0506 e. The van der Waals surface area contributed by atoms with Crippen molar-refractivity contribution in [1.82, 2.24) is 0 Å². The summed E-state index contributed by atoms with van der Waals surface area (Å²) in [4.78, 5) is 2.07. The average molecular weight is 360 g/mol. The van der Waals surface area contributed by atoms with Crippen molar-refractivity contribution in [1.29, 1.82) is 0 Å². The molecule has 0 aliphatic carbocycles. The fraction of sp³-hybridized carbons (Fsp3) is 0.250. The van der Waals surface area contributed by atoms with Gasteiger partial charge in [0.05, 0.1) is 5.69 Å². The van der Waals surface area contributed by atoms with Crippen LogP contribution in [0.15, 0.2) is 27.1 Å². The molecular weight excluding hydrogens is 350 g/mol. The molecule has 0 spiro atoms. The van der Waals surface area contributed by atoms with E-state index in [4.69, 9.17) is 0 Å². The Morgan fingerprint density at radius 3 is 2.17 bits per heavy atom. The zero-order valence-corrected chi connectivity index (χ0v) is 11.7. The van der Waals surface area contributed by atoms with Crippen LogP contribution < -0.4 is 4.90 Å². The third-order valence-electron chi connectivity index (χ3n) is 1.39. The highest BCUT2D eigenvalue weighted by atomic mass is 79.9. The zero-order valence-electron chi connectivity index (χ0n) is 6.84. The predicted molar refractivity (Wildman–Crippen MR) is 66.5 cm³/mol. The summed E-state index contributed by atoms with van der Waals surface area (Å²) in [5.74, 6) is 0. The second-order valence-corrected chi connectivity index (χ2v) is 4.26. The van der Waals surface area contributed by atoms with Gasteiger partial charge in [-0.25, -0.2) is 0 Å². The van der Waals surface area contributed by atoms with Gasteiger partial charge in [-0.15, -0.1) is 17.0 Å². The van der Waals surface area contributed by atoms with Gasteiger partial charge in [0.1, 0.15) is 0 Å². The highest BCUT2D eigenvalue weighted by Gasteiger charge is 2.00. The summed E-state index contributed by atoms with van der Waals surface area (Å²) >= 11 is 6.87. The van der Waals surface area contributed by atoms with Crippen LogP contribution in [-0.2, 0) is 0 Å². The Labute approximate surface area is 100 Å². The summed E-state index contributed by atoms with van der Waals surface area (Å²) in [6, 6.07) is 6.13. The number of hydrogen-bond acceptors (Lipinski definition) is 1. The molecule has 0 N–H and O–H groups in total. The summed E-state index contributed by atoms with van der Waals surface area (Å²) in [6.45, 7) is 0. The maximum Gasteiger partial charge on any atom is 0.0506 e. The van der Waals surface area contributed by atoms with Crippen molar-refractivity contribution in [3.63, 3.8) is 0 Å². The van der Waals surface area contributed by atoms with Crippen LogP contribution in [0.1, 0.15) is 0 Å². The maximum atomic E-state index is 3.48. The maximum absolute atomic E-state index is 3.48. The third kappa shape index (κ3) is 3.07. The molecule has 1 aromatic rings. The Morgan fingerprint density at radius 1 is 1.17 bits per heavy atom. The van der Waals surface area contributed by atoms with Crippen LogP contribution in [0.2, 0.25) is 0 Å². The quantitative estimate of drug-likeness (QED) is 0.736. The first-order valence-corrected chi connectivity index (χ1v) is 4.82. The van der Waals surface area contributed by atoms with Gasteiger partial charge in [0.25, 0.3) is 0 Å². The molecule has 0 saturated heterocycles. The molecular formula is C8H10Br3N. The van der Waals surface area contributed by atoms with E-state index >= 15 is 0 Å². The van der Waals surface area contributed by atoms with Gasteiger partial charge in [-0.3, -0.25) is 0 Å². The number of benzene rings is 1. The molecule has 0 saturated carbocycles. The van der Waals surface area contributed by atoms with Crippen LogP contribution in [0.4, 0.5) is 5.69 Å². The standard InChI is InChI=1S/C8H9Br2N.BrH/c1-11(2)8-4-3-6(9)5-7(8)10;/h3-5H,1-2H3;1H. The molecule has 0 aliphatic heterocycles. The molecule has 1 rings (SSSR count). The van der Waals surface area contributed by atoms with E-state index in [1.807, 2.05) is 26.2 Å². The lowest BCUT2D eigenvalue weighted by atomic mass is 10.3. The second-order valence-electron chi connectivity index (χ2n) is 2.49. The monoisotopic (exact) mass is 357 g/mol. The van der Waals surface area contributed by atoms with Gasteiger partial charge >= 0.3 is 0 Å². The molecule has 0 heterocycles. The molecule has 68 valence electrons. The van der Waals surface area contributed by atoms with E-state index in [1.165, 1.54) is 5.69 Å². The number of rotatable bonds is 1. The Morgan fingerprint density at radius 2 is 1.75 bits per heavy atom. The first-order valence-electron chi connectivity index (χ1n) is 3.23. The van der Waals surface area contributed by atoms with Crippen molar-refractivity contribution in [3.05, 3.63) is 27.1 Å². The number of halogens is 3. The molecule has 0 bridgehead atoms. The van der Waals surface area contributed by atoms with E-state index in [9.17, 15) is 0 Å². The van der Waals surface area contributed by atoms with Crippen molar-refractivity contribution in [2.45, 2.75) is 0 Å². The van der Waals surface area contributed by atoms with E-state index in [-0.39, 0.29) is 17.0 Å². The second kappa shape index (κ2) is 5.25. The van der Waals surface area contributed by atoms with Gasteiger partial charge in [0.2, 0.25) is 0 Å². The van der Waals surface area contributed by atoms with E-state index in [2.05, 4.69) is 42.8 Å². The molecule has 0 amide bonds. The summed E-state index contributed by atoms with van der Waals surface area (Å²) in [6.07, 6.45) is 0. The highest BCUT2D eigenvalue weighted by Crippen LogP contribution is 2.27. The van der Waals surface area contributed by atoms with E-state index < -0.39 is 0 Å². The van der Waals surface area contributed by atoms with Gasteiger partial charge in [-0.1, -0.05) is 15.9 Å². The van der Waals surface area contributed by atoms with Crippen molar-refractivity contribution in [3.8, 4) is 0 Å². The minimum absolute atomic E-state index is 0. The van der Waals surface area contributed by atoms with Crippen LogP contribution in [0.25, 0.3) is 0 Å². The lowest BCUT2D eigenvalue weighted by Gasteiger charge is -2.14. The van der Waals surface area contributed by atoms with Gasteiger partial charge in [-0.2, -0.15) is 0 Å².